The molecule has 96 valence electrons. The highest BCUT2D eigenvalue weighted by molar-refractivity contribution is 6.02. The first-order valence-corrected chi connectivity index (χ1v) is 6.19. The van der Waals surface area contributed by atoms with Crippen LogP contribution in [0.25, 0.3) is 0 Å². The number of amides is 2. The van der Waals surface area contributed by atoms with Gasteiger partial charge in [0.1, 0.15) is 11.9 Å². The summed E-state index contributed by atoms with van der Waals surface area (Å²) in [5.74, 6) is 0.479. The van der Waals surface area contributed by atoms with Gasteiger partial charge in [-0.25, -0.2) is 4.99 Å². The van der Waals surface area contributed by atoms with Crippen LogP contribution < -0.4 is 10.6 Å². The summed E-state index contributed by atoms with van der Waals surface area (Å²) in [5.41, 5.74) is 0.232. The van der Waals surface area contributed by atoms with E-state index in [1.165, 1.54) is 0 Å². The van der Waals surface area contributed by atoms with Crippen LogP contribution in [0.5, 0.6) is 0 Å². The van der Waals surface area contributed by atoms with Crippen LogP contribution in [0, 0.1) is 5.41 Å². The summed E-state index contributed by atoms with van der Waals surface area (Å²) >= 11 is 0. The second kappa shape index (κ2) is 4.12. The third-order valence-electron chi connectivity index (χ3n) is 3.90. The zero-order valence-electron chi connectivity index (χ0n) is 10.1. The molecule has 1 saturated carbocycles. The Kier molecular flexibility index (Phi) is 2.57. The fraction of sp³-hybridized carbons (Fsp3) is 0.583. The lowest BCUT2D eigenvalue weighted by Crippen LogP contribution is -2.47. The molecule has 1 atom stereocenters. The molecule has 0 bridgehead atoms. The summed E-state index contributed by atoms with van der Waals surface area (Å²) in [6.45, 7) is 1.24. The fourth-order valence-electron chi connectivity index (χ4n) is 2.67. The minimum atomic E-state index is -0.335. The molecule has 2 fully saturated rings. The summed E-state index contributed by atoms with van der Waals surface area (Å²) < 4.78 is 0. The Morgan fingerprint density at radius 3 is 3.06 bits per heavy atom. The molecule has 6 nitrogen and oxygen atoms in total. The number of hydrogen-bond acceptors (Lipinski definition) is 4. The van der Waals surface area contributed by atoms with Crippen molar-refractivity contribution in [2.45, 2.75) is 25.3 Å². The number of aliphatic imine (C=N–C) groups is 1. The number of amidine groups is 1. The Hall–Kier alpha value is -1.85. The molecule has 3 aliphatic rings. The van der Waals surface area contributed by atoms with Gasteiger partial charge in [0.05, 0.1) is 6.54 Å². The van der Waals surface area contributed by atoms with Crippen LogP contribution in [-0.2, 0) is 9.59 Å². The highest BCUT2D eigenvalue weighted by Gasteiger charge is 2.53. The Balaban J connectivity index is 1.66. The molecule has 0 aromatic carbocycles. The molecule has 3 rings (SSSR count). The molecular formula is C12H16N4O2. The van der Waals surface area contributed by atoms with Gasteiger partial charge >= 0.3 is 0 Å². The van der Waals surface area contributed by atoms with Gasteiger partial charge in [0.25, 0.3) is 0 Å². The molecule has 2 amide bonds. The van der Waals surface area contributed by atoms with E-state index in [9.17, 15) is 9.59 Å². The molecule has 18 heavy (non-hydrogen) atoms. The van der Waals surface area contributed by atoms with Gasteiger partial charge in [-0.15, -0.1) is 0 Å². The van der Waals surface area contributed by atoms with Crippen molar-refractivity contribution in [3.8, 4) is 0 Å². The van der Waals surface area contributed by atoms with E-state index in [4.69, 9.17) is 0 Å². The first-order chi connectivity index (χ1) is 8.72. The molecule has 2 N–H and O–H groups in total. The molecule has 2 aliphatic heterocycles. The van der Waals surface area contributed by atoms with Crippen LogP contribution in [0.1, 0.15) is 19.3 Å². The maximum absolute atomic E-state index is 12.2. The number of likely N-dealkylation sites (tertiary alicyclic amines) is 1. The van der Waals surface area contributed by atoms with E-state index < -0.39 is 0 Å². The van der Waals surface area contributed by atoms with Crippen molar-refractivity contribution >= 4 is 18.2 Å². The lowest BCUT2D eigenvalue weighted by molar-refractivity contribution is -0.130. The van der Waals surface area contributed by atoms with Crippen molar-refractivity contribution in [3.63, 3.8) is 0 Å². The summed E-state index contributed by atoms with van der Waals surface area (Å²) in [6, 6.07) is -0.335. The highest BCUT2D eigenvalue weighted by Crippen LogP contribution is 2.54. The minimum absolute atomic E-state index is 0.123. The van der Waals surface area contributed by atoms with Crippen LogP contribution >= 0.6 is 0 Å². The highest BCUT2D eigenvalue weighted by atomic mass is 16.2. The van der Waals surface area contributed by atoms with Crippen LogP contribution in [0.3, 0.4) is 0 Å². The summed E-state index contributed by atoms with van der Waals surface area (Å²) in [5, 5.41) is 5.76. The molecule has 6 heteroatoms. The number of carbonyl (C=O) groups is 2. The molecule has 0 aromatic heterocycles. The van der Waals surface area contributed by atoms with Crippen molar-refractivity contribution in [2.75, 3.05) is 13.1 Å². The summed E-state index contributed by atoms with van der Waals surface area (Å²) in [4.78, 5) is 28.9. The number of nitrogens with zero attached hydrogens (tertiary/aromatic N) is 2. The van der Waals surface area contributed by atoms with E-state index in [0.29, 0.717) is 12.4 Å². The van der Waals surface area contributed by atoms with E-state index in [1.54, 1.807) is 17.3 Å². The smallest absolute Gasteiger partial charge is 0.248 e. The standard InChI is InChI=1S/C12H16N4O2/c17-8-16-7-12(1-2-12)5-9(16)11(18)15-10-6-13-3-4-14-10/h3-4,8-9,13H,1-2,5-7H2,(H,14,15,18). The van der Waals surface area contributed by atoms with Gasteiger partial charge in [0, 0.05) is 18.9 Å². The van der Waals surface area contributed by atoms with Crippen LogP contribution in [0.2, 0.25) is 0 Å². The van der Waals surface area contributed by atoms with E-state index in [-0.39, 0.29) is 17.4 Å². The molecule has 0 aromatic rings. The monoisotopic (exact) mass is 248 g/mol. The molecular weight excluding hydrogens is 232 g/mol. The molecule has 1 unspecified atom stereocenters. The molecule has 2 heterocycles. The van der Waals surface area contributed by atoms with E-state index in [0.717, 1.165) is 32.2 Å². The number of hydrogen-bond donors (Lipinski definition) is 2. The van der Waals surface area contributed by atoms with Crippen molar-refractivity contribution < 1.29 is 9.59 Å². The van der Waals surface area contributed by atoms with E-state index in [1.807, 2.05) is 0 Å². The second-order valence-corrected chi connectivity index (χ2v) is 5.26. The molecule has 0 radical (unpaired) electrons. The Morgan fingerprint density at radius 2 is 2.44 bits per heavy atom. The van der Waals surface area contributed by atoms with Gasteiger partial charge in [-0.3, -0.25) is 9.59 Å². The lowest BCUT2D eigenvalue weighted by atomic mass is 10.0. The predicted molar refractivity (Wildman–Crippen MR) is 65.6 cm³/mol. The zero-order chi connectivity index (χ0) is 12.6. The van der Waals surface area contributed by atoms with Crippen molar-refractivity contribution in [1.29, 1.82) is 0 Å². The SMILES string of the molecule is O=CN1CC2(CC2)CC1C(=O)NC1=NC=CNC1. The maximum Gasteiger partial charge on any atom is 0.248 e. The summed E-state index contributed by atoms with van der Waals surface area (Å²) in [6.07, 6.45) is 7.17. The Bertz CT molecular complexity index is 439. The van der Waals surface area contributed by atoms with Gasteiger partial charge in [-0.1, -0.05) is 0 Å². The third kappa shape index (κ3) is 1.98. The summed E-state index contributed by atoms with van der Waals surface area (Å²) in [7, 11) is 0. The quantitative estimate of drug-likeness (QED) is 0.652. The van der Waals surface area contributed by atoms with E-state index in [2.05, 4.69) is 15.6 Å². The van der Waals surface area contributed by atoms with Crippen molar-refractivity contribution in [3.05, 3.63) is 12.4 Å². The Morgan fingerprint density at radius 1 is 1.61 bits per heavy atom. The van der Waals surface area contributed by atoms with Gasteiger partial charge in [-0.05, 0) is 24.7 Å². The average molecular weight is 248 g/mol. The normalized spacial score (nSPS) is 27.7. The largest absolute Gasteiger partial charge is 0.382 e. The molecule has 1 spiro atoms. The van der Waals surface area contributed by atoms with Gasteiger partial charge < -0.3 is 15.5 Å². The van der Waals surface area contributed by atoms with Crippen LogP contribution in [0.4, 0.5) is 0 Å². The van der Waals surface area contributed by atoms with Gasteiger partial charge in [0.15, 0.2) is 0 Å². The maximum atomic E-state index is 12.2. The number of nitrogens with one attached hydrogen (secondary N) is 2. The van der Waals surface area contributed by atoms with Crippen molar-refractivity contribution in [1.82, 2.24) is 15.5 Å². The van der Waals surface area contributed by atoms with Crippen LogP contribution in [-0.4, -0.2) is 42.2 Å². The lowest BCUT2D eigenvalue weighted by Gasteiger charge is -2.20. The minimum Gasteiger partial charge on any atom is -0.382 e. The van der Waals surface area contributed by atoms with Crippen LogP contribution in [0.15, 0.2) is 17.4 Å². The Labute approximate surface area is 105 Å². The fourth-order valence-corrected chi connectivity index (χ4v) is 2.67. The second-order valence-electron chi connectivity index (χ2n) is 5.26. The topological polar surface area (TPSA) is 73.8 Å². The number of carbonyl (C=O) groups excluding carboxylic acids is 2. The predicted octanol–water partition coefficient (Wildman–Crippen LogP) is -0.414. The van der Waals surface area contributed by atoms with Crippen molar-refractivity contribution in [2.24, 2.45) is 10.4 Å². The van der Waals surface area contributed by atoms with E-state index >= 15 is 0 Å². The molecule has 1 aliphatic carbocycles. The third-order valence-corrected chi connectivity index (χ3v) is 3.90. The zero-order valence-corrected chi connectivity index (χ0v) is 10.1. The molecule has 1 saturated heterocycles. The average Bonchev–Trinajstić information content (AvgIpc) is 3.02. The van der Waals surface area contributed by atoms with Gasteiger partial charge in [0.2, 0.25) is 12.3 Å². The first kappa shape index (κ1) is 11.3. The first-order valence-electron chi connectivity index (χ1n) is 6.19. The van der Waals surface area contributed by atoms with Gasteiger partial charge in [-0.2, -0.15) is 0 Å². The number of rotatable bonds is 2.